The van der Waals surface area contributed by atoms with Crippen molar-refractivity contribution in [3.63, 3.8) is 0 Å². The van der Waals surface area contributed by atoms with Crippen LogP contribution in [0.15, 0.2) is 24.3 Å². The predicted octanol–water partition coefficient (Wildman–Crippen LogP) is 3.98. The van der Waals surface area contributed by atoms with E-state index in [1.54, 1.807) is 7.11 Å². The average molecular weight is 297 g/mol. The van der Waals surface area contributed by atoms with Gasteiger partial charge in [-0.2, -0.15) is 0 Å². The quantitative estimate of drug-likeness (QED) is 0.623. The lowest BCUT2D eigenvalue weighted by Crippen LogP contribution is -2.34. The number of Topliss-reactive ketones (excluding diaryl/α,β-unsaturated/α-hetero) is 1. The summed E-state index contributed by atoms with van der Waals surface area (Å²) >= 11 is 3.65. The van der Waals surface area contributed by atoms with Crippen LogP contribution in [0.1, 0.15) is 42.5 Å². The molecule has 1 fully saturated rings. The molecule has 2 rings (SSSR count). The second kappa shape index (κ2) is 5.21. The molecule has 17 heavy (non-hydrogen) atoms. The van der Waals surface area contributed by atoms with Crippen LogP contribution in [0.2, 0.25) is 0 Å². The maximum absolute atomic E-state index is 12.4. The van der Waals surface area contributed by atoms with E-state index < -0.39 is 0 Å². The molecule has 0 atom stereocenters. The van der Waals surface area contributed by atoms with Gasteiger partial charge in [0, 0.05) is 5.56 Å². The molecule has 3 heteroatoms. The Morgan fingerprint density at radius 3 is 2.29 bits per heavy atom. The minimum atomic E-state index is -0.333. The van der Waals surface area contributed by atoms with E-state index in [2.05, 4.69) is 15.9 Å². The second-order valence-corrected chi connectivity index (χ2v) is 6.10. The van der Waals surface area contributed by atoms with Gasteiger partial charge in [0.05, 0.1) is 11.4 Å². The van der Waals surface area contributed by atoms with E-state index in [0.717, 1.165) is 37.0 Å². The van der Waals surface area contributed by atoms with Crippen molar-refractivity contribution in [3.05, 3.63) is 29.8 Å². The Kier molecular flexibility index (Phi) is 3.87. The van der Waals surface area contributed by atoms with Gasteiger partial charge < -0.3 is 4.74 Å². The van der Waals surface area contributed by atoms with Crippen molar-refractivity contribution >= 4 is 21.7 Å². The average Bonchev–Trinajstić information content (AvgIpc) is 2.39. The van der Waals surface area contributed by atoms with E-state index in [0.29, 0.717) is 0 Å². The zero-order valence-corrected chi connectivity index (χ0v) is 11.6. The van der Waals surface area contributed by atoms with Gasteiger partial charge in [-0.25, -0.2) is 0 Å². The molecular formula is C14H17BrO2. The highest BCUT2D eigenvalue weighted by Crippen LogP contribution is 2.38. The summed E-state index contributed by atoms with van der Waals surface area (Å²) < 4.78 is 4.76. The molecule has 92 valence electrons. The van der Waals surface area contributed by atoms with E-state index in [1.165, 1.54) is 6.42 Å². The number of hydrogen-bond donors (Lipinski definition) is 0. The van der Waals surface area contributed by atoms with E-state index in [1.807, 2.05) is 24.3 Å². The molecule has 0 spiro atoms. The Morgan fingerprint density at radius 2 is 1.76 bits per heavy atom. The maximum Gasteiger partial charge on any atom is 0.179 e. The van der Waals surface area contributed by atoms with Crippen molar-refractivity contribution in [3.8, 4) is 5.75 Å². The lowest BCUT2D eigenvalue weighted by molar-refractivity contribution is 0.0923. The first-order valence-corrected chi connectivity index (χ1v) is 6.83. The van der Waals surface area contributed by atoms with Gasteiger partial charge in [0.1, 0.15) is 5.75 Å². The highest BCUT2D eigenvalue weighted by atomic mass is 79.9. The van der Waals surface area contributed by atoms with Gasteiger partial charge in [0.25, 0.3) is 0 Å². The zero-order chi connectivity index (χ0) is 12.3. The lowest BCUT2D eigenvalue weighted by atomic mass is 9.83. The number of halogens is 1. The van der Waals surface area contributed by atoms with Crippen LogP contribution in [0.3, 0.4) is 0 Å². The number of carbonyl (C=O) groups excluding carboxylic acids is 1. The van der Waals surface area contributed by atoms with Crippen LogP contribution in [0.4, 0.5) is 0 Å². The monoisotopic (exact) mass is 296 g/mol. The van der Waals surface area contributed by atoms with Crippen LogP contribution >= 0.6 is 15.9 Å². The van der Waals surface area contributed by atoms with Crippen LogP contribution in [0.5, 0.6) is 5.75 Å². The van der Waals surface area contributed by atoms with Crippen LogP contribution in [0.25, 0.3) is 0 Å². The standard InChI is InChI=1S/C14H17BrO2/c1-17-12-7-5-11(6-8-12)13(16)14(15)9-3-2-4-10-14/h5-8H,2-4,9-10H2,1H3. The number of methoxy groups -OCH3 is 1. The number of benzene rings is 1. The third-order valence-electron chi connectivity index (χ3n) is 3.41. The molecule has 0 heterocycles. The van der Waals surface area contributed by atoms with Crippen molar-refractivity contribution in [2.24, 2.45) is 0 Å². The van der Waals surface area contributed by atoms with Gasteiger partial charge in [-0.05, 0) is 37.1 Å². The molecule has 0 bridgehead atoms. The third-order valence-corrected chi connectivity index (χ3v) is 4.56. The molecule has 0 unspecified atom stereocenters. The summed E-state index contributed by atoms with van der Waals surface area (Å²) in [5.74, 6) is 0.994. The summed E-state index contributed by atoms with van der Waals surface area (Å²) in [7, 11) is 1.63. The SMILES string of the molecule is COc1ccc(C(=O)C2(Br)CCCCC2)cc1. The second-order valence-electron chi connectivity index (χ2n) is 4.58. The number of carbonyl (C=O) groups is 1. The van der Waals surface area contributed by atoms with E-state index in [4.69, 9.17) is 4.74 Å². The topological polar surface area (TPSA) is 26.3 Å². The van der Waals surface area contributed by atoms with Gasteiger partial charge >= 0.3 is 0 Å². The lowest BCUT2D eigenvalue weighted by Gasteiger charge is -2.30. The smallest absolute Gasteiger partial charge is 0.179 e. The van der Waals surface area contributed by atoms with Gasteiger partial charge in [-0.15, -0.1) is 0 Å². The first-order valence-electron chi connectivity index (χ1n) is 6.03. The first kappa shape index (κ1) is 12.6. The Labute approximate surface area is 110 Å². The van der Waals surface area contributed by atoms with Crippen molar-refractivity contribution in [2.45, 2.75) is 36.4 Å². The summed E-state index contributed by atoms with van der Waals surface area (Å²) in [6.45, 7) is 0. The Balaban J connectivity index is 2.17. The van der Waals surface area contributed by atoms with Gasteiger partial charge in [-0.1, -0.05) is 35.2 Å². The predicted molar refractivity (Wildman–Crippen MR) is 72.1 cm³/mol. The molecule has 1 aliphatic carbocycles. The summed E-state index contributed by atoms with van der Waals surface area (Å²) in [4.78, 5) is 12.4. The molecule has 0 radical (unpaired) electrons. The zero-order valence-electron chi connectivity index (χ0n) is 10.0. The van der Waals surface area contributed by atoms with Crippen molar-refractivity contribution in [2.75, 3.05) is 7.11 Å². The molecule has 0 N–H and O–H groups in total. The number of hydrogen-bond acceptors (Lipinski definition) is 2. The number of alkyl halides is 1. The molecule has 1 aliphatic rings. The van der Waals surface area contributed by atoms with Crippen LogP contribution in [-0.2, 0) is 0 Å². The number of ketones is 1. The van der Waals surface area contributed by atoms with Crippen molar-refractivity contribution in [1.82, 2.24) is 0 Å². The van der Waals surface area contributed by atoms with Crippen LogP contribution in [-0.4, -0.2) is 17.2 Å². The van der Waals surface area contributed by atoms with Crippen LogP contribution < -0.4 is 4.74 Å². The third kappa shape index (κ3) is 2.71. The normalized spacial score (nSPS) is 18.7. The van der Waals surface area contributed by atoms with Gasteiger partial charge in [0.2, 0.25) is 0 Å². The highest BCUT2D eigenvalue weighted by Gasteiger charge is 2.36. The fourth-order valence-electron chi connectivity index (χ4n) is 2.34. The molecule has 0 amide bonds. The van der Waals surface area contributed by atoms with Gasteiger partial charge in [-0.3, -0.25) is 4.79 Å². The van der Waals surface area contributed by atoms with E-state index >= 15 is 0 Å². The molecule has 1 saturated carbocycles. The summed E-state index contributed by atoms with van der Waals surface area (Å²) in [5.41, 5.74) is 0.768. The molecule has 0 aromatic heterocycles. The van der Waals surface area contributed by atoms with Crippen molar-refractivity contribution < 1.29 is 9.53 Å². The maximum atomic E-state index is 12.4. The fourth-order valence-corrected chi connectivity index (χ4v) is 3.13. The molecule has 1 aromatic carbocycles. The van der Waals surface area contributed by atoms with Crippen molar-refractivity contribution in [1.29, 1.82) is 0 Å². The number of rotatable bonds is 3. The fraction of sp³-hybridized carbons (Fsp3) is 0.500. The largest absolute Gasteiger partial charge is 0.497 e. The van der Waals surface area contributed by atoms with E-state index in [9.17, 15) is 4.79 Å². The van der Waals surface area contributed by atoms with E-state index in [-0.39, 0.29) is 10.1 Å². The van der Waals surface area contributed by atoms with Crippen LogP contribution in [0, 0.1) is 0 Å². The minimum Gasteiger partial charge on any atom is -0.497 e. The molecule has 1 aromatic rings. The summed E-state index contributed by atoms with van der Waals surface area (Å²) in [5, 5.41) is 0. The Bertz CT molecular complexity index is 391. The molecule has 0 aliphatic heterocycles. The molecule has 0 saturated heterocycles. The Hall–Kier alpha value is -0.830. The first-order chi connectivity index (χ1) is 8.15. The Morgan fingerprint density at radius 1 is 1.18 bits per heavy atom. The molecular weight excluding hydrogens is 280 g/mol. The molecule has 2 nitrogen and oxygen atoms in total. The highest BCUT2D eigenvalue weighted by molar-refractivity contribution is 9.10. The summed E-state index contributed by atoms with van der Waals surface area (Å²) in [6.07, 6.45) is 5.39. The number of ether oxygens (including phenoxy) is 1. The van der Waals surface area contributed by atoms with Gasteiger partial charge in [0.15, 0.2) is 5.78 Å². The minimum absolute atomic E-state index is 0.208. The summed E-state index contributed by atoms with van der Waals surface area (Å²) in [6, 6.07) is 7.37.